The maximum Gasteiger partial charge on any atom is 0.282 e. The first-order valence-corrected chi connectivity index (χ1v) is 8.54. The first-order valence-electron chi connectivity index (χ1n) is 7.14. The van der Waals surface area contributed by atoms with Crippen LogP contribution in [-0.4, -0.2) is 56.3 Å². The van der Waals surface area contributed by atoms with Crippen LogP contribution < -0.4 is 5.32 Å². The predicted octanol–water partition coefficient (Wildman–Crippen LogP) is 1.28. The molecule has 1 aliphatic rings. The van der Waals surface area contributed by atoms with Crippen molar-refractivity contribution in [2.75, 3.05) is 33.7 Å². The summed E-state index contributed by atoms with van der Waals surface area (Å²) in [5.74, 6) is 0.598. The molecule has 6 heteroatoms. The number of rotatable bonds is 6. The van der Waals surface area contributed by atoms with Gasteiger partial charge < -0.3 is 5.32 Å². The highest BCUT2D eigenvalue weighted by Gasteiger charge is 2.37. The van der Waals surface area contributed by atoms with Gasteiger partial charge in [-0.25, -0.2) is 0 Å². The molecule has 0 aromatic carbocycles. The zero-order valence-electron chi connectivity index (χ0n) is 12.9. The van der Waals surface area contributed by atoms with Crippen LogP contribution in [0.5, 0.6) is 0 Å². The minimum Gasteiger partial charge on any atom is -0.319 e. The summed E-state index contributed by atoms with van der Waals surface area (Å²) in [6.45, 7) is 8.21. The molecule has 0 aliphatic carbocycles. The van der Waals surface area contributed by atoms with Crippen LogP contribution in [0, 0.1) is 5.92 Å². The molecule has 19 heavy (non-hydrogen) atoms. The second-order valence-corrected chi connectivity index (χ2v) is 8.00. The largest absolute Gasteiger partial charge is 0.319 e. The van der Waals surface area contributed by atoms with E-state index in [2.05, 4.69) is 5.32 Å². The van der Waals surface area contributed by atoms with Gasteiger partial charge >= 0.3 is 0 Å². The number of nitrogens with one attached hydrogen (secondary N) is 1. The van der Waals surface area contributed by atoms with Crippen LogP contribution in [0.15, 0.2) is 0 Å². The number of piperidine rings is 1. The summed E-state index contributed by atoms with van der Waals surface area (Å²) >= 11 is 0. The van der Waals surface area contributed by atoms with Gasteiger partial charge in [0.05, 0.1) is 0 Å². The van der Waals surface area contributed by atoms with Crippen molar-refractivity contribution in [1.29, 1.82) is 0 Å². The molecule has 1 fully saturated rings. The number of nitrogens with zero attached hydrogens (tertiary/aromatic N) is 2. The Morgan fingerprint density at radius 3 is 2.26 bits per heavy atom. The first-order chi connectivity index (χ1) is 8.75. The van der Waals surface area contributed by atoms with Crippen molar-refractivity contribution in [2.24, 2.45) is 5.92 Å². The molecule has 1 aliphatic heterocycles. The molecule has 0 unspecified atom stereocenters. The van der Waals surface area contributed by atoms with Gasteiger partial charge in [0.1, 0.15) is 0 Å². The highest BCUT2D eigenvalue weighted by Crippen LogP contribution is 2.26. The first kappa shape index (κ1) is 16.9. The molecule has 0 saturated carbocycles. The van der Waals surface area contributed by atoms with Crippen LogP contribution in [0.3, 0.4) is 0 Å². The molecule has 0 radical (unpaired) electrons. The third-order valence-corrected chi connectivity index (χ3v) is 6.66. The fraction of sp³-hybridized carbons (Fsp3) is 1.00. The Hall–Kier alpha value is -0.170. The second-order valence-electron chi connectivity index (χ2n) is 6.04. The van der Waals surface area contributed by atoms with E-state index in [0.717, 1.165) is 25.8 Å². The summed E-state index contributed by atoms with van der Waals surface area (Å²) in [6, 6.07) is 0. The van der Waals surface area contributed by atoms with Crippen LogP contribution in [0.2, 0.25) is 0 Å². The Morgan fingerprint density at radius 1 is 1.32 bits per heavy atom. The monoisotopic (exact) mass is 291 g/mol. The smallest absolute Gasteiger partial charge is 0.282 e. The third kappa shape index (κ3) is 3.90. The van der Waals surface area contributed by atoms with E-state index in [1.54, 1.807) is 11.4 Å². The van der Waals surface area contributed by atoms with Gasteiger partial charge in [-0.05, 0) is 52.6 Å². The lowest BCUT2D eigenvalue weighted by atomic mass is 9.98. The van der Waals surface area contributed by atoms with E-state index in [1.807, 2.05) is 27.8 Å². The molecule has 0 bridgehead atoms. The highest BCUT2D eigenvalue weighted by atomic mass is 32.2. The van der Waals surface area contributed by atoms with Crippen molar-refractivity contribution in [3.63, 3.8) is 0 Å². The summed E-state index contributed by atoms with van der Waals surface area (Å²) in [5, 5.41) is 3.17. The van der Waals surface area contributed by atoms with Gasteiger partial charge in [0.2, 0.25) is 0 Å². The van der Waals surface area contributed by atoms with Crippen LogP contribution in [-0.2, 0) is 10.2 Å². The number of hydrogen-bond acceptors (Lipinski definition) is 3. The molecule has 0 amide bonds. The van der Waals surface area contributed by atoms with Gasteiger partial charge in [0.25, 0.3) is 10.2 Å². The summed E-state index contributed by atoms with van der Waals surface area (Å²) in [6.07, 6.45) is 2.69. The van der Waals surface area contributed by atoms with Gasteiger partial charge in [-0.3, -0.25) is 0 Å². The third-order valence-electron chi connectivity index (χ3n) is 4.46. The molecule has 0 spiro atoms. The predicted molar refractivity (Wildman–Crippen MR) is 79.3 cm³/mol. The van der Waals surface area contributed by atoms with E-state index in [1.165, 1.54) is 4.31 Å². The zero-order valence-corrected chi connectivity index (χ0v) is 13.8. The molecule has 0 aromatic heterocycles. The van der Waals surface area contributed by atoms with Crippen molar-refractivity contribution >= 4 is 10.2 Å². The van der Waals surface area contributed by atoms with Gasteiger partial charge in [-0.1, -0.05) is 6.92 Å². The van der Waals surface area contributed by atoms with E-state index in [0.29, 0.717) is 19.0 Å². The van der Waals surface area contributed by atoms with Gasteiger partial charge in [-0.2, -0.15) is 17.0 Å². The standard InChI is InChI=1S/C13H29N3O2S/c1-6-13(2,3)15(5)19(17,18)16-9-7-12(8-10-16)11-14-4/h12,14H,6-11H2,1-5H3. The van der Waals surface area contributed by atoms with Crippen molar-refractivity contribution in [3.8, 4) is 0 Å². The SMILES string of the molecule is CCC(C)(C)N(C)S(=O)(=O)N1CCC(CNC)CC1. The van der Waals surface area contributed by atoms with Crippen LogP contribution >= 0.6 is 0 Å². The topological polar surface area (TPSA) is 52.7 Å². The average molecular weight is 291 g/mol. The minimum absolute atomic E-state index is 0.333. The summed E-state index contributed by atoms with van der Waals surface area (Å²) in [4.78, 5) is 0. The van der Waals surface area contributed by atoms with Gasteiger partial charge in [0, 0.05) is 25.7 Å². The lowest BCUT2D eigenvalue weighted by Crippen LogP contribution is -2.53. The second kappa shape index (κ2) is 6.52. The van der Waals surface area contributed by atoms with E-state index in [4.69, 9.17) is 0 Å². The molecule has 1 rings (SSSR count). The Balaban J connectivity index is 2.70. The maximum atomic E-state index is 12.6. The van der Waals surface area contributed by atoms with E-state index in [9.17, 15) is 8.42 Å². The number of hydrogen-bond donors (Lipinski definition) is 1. The Morgan fingerprint density at radius 2 is 1.84 bits per heavy atom. The molecular formula is C13H29N3O2S. The average Bonchev–Trinajstić information content (AvgIpc) is 2.39. The van der Waals surface area contributed by atoms with Gasteiger partial charge in [-0.15, -0.1) is 0 Å². The summed E-state index contributed by atoms with van der Waals surface area (Å²) < 4.78 is 28.3. The minimum atomic E-state index is -3.32. The maximum absolute atomic E-state index is 12.6. The highest BCUT2D eigenvalue weighted by molar-refractivity contribution is 7.86. The fourth-order valence-electron chi connectivity index (χ4n) is 2.34. The van der Waals surface area contributed by atoms with Crippen LogP contribution in [0.25, 0.3) is 0 Å². The molecule has 5 nitrogen and oxygen atoms in total. The summed E-state index contributed by atoms with van der Waals surface area (Å²) in [5.41, 5.74) is -0.333. The Labute approximate surface area is 118 Å². The van der Waals surface area contributed by atoms with E-state index in [-0.39, 0.29) is 5.54 Å². The van der Waals surface area contributed by atoms with E-state index >= 15 is 0 Å². The lowest BCUT2D eigenvalue weighted by Gasteiger charge is -2.39. The molecule has 1 saturated heterocycles. The molecule has 0 aromatic rings. The Kier molecular flexibility index (Phi) is 5.79. The fourth-order valence-corrected chi connectivity index (χ4v) is 4.11. The van der Waals surface area contributed by atoms with Gasteiger partial charge in [0.15, 0.2) is 0 Å². The molecule has 1 N–H and O–H groups in total. The van der Waals surface area contributed by atoms with Crippen molar-refractivity contribution in [1.82, 2.24) is 13.9 Å². The zero-order chi connectivity index (χ0) is 14.7. The quantitative estimate of drug-likeness (QED) is 0.802. The van der Waals surface area contributed by atoms with Crippen LogP contribution in [0.1, 0.15) is 40.0 Å². The van der Waals surface area contributed by atoms with Crippen molar-refractivity contribution in [2.45, 2.75) is 45.6 Å². The van der Waals surface area contributed by atoms with Crippen molar-refractivity contribution < 1.29 is 8.42 Å². The molecule has 0 atom stereocenters. The summed E-state index contributed by atoms with van der Waals surface area (Å²) in [7, 11) is 0.314. The molecular weight excluding hydrogens is 262 g/mol. The van der Waals surface area contributed by atoms with E-state index < -0.39 is 10.2 Å². The normalized spacial score (nSPS) is 20.1. The molecule has 114 valence electrons. The Bertz CT molecular complexity index is 373. The van der Waals surface area contributed by atoms with Crippen molar-refractivity contribution in [3.05, 3.63) is 0 Å². The lowest BCUT2D eigenvalue weighted by molar-refractivity contribution is 0.212. The van der Waals surface area contributed by atoms with Crippen LogP contribution in [0.4, 0.5) is 0 Å². The molecule has 1 heterocycles.